The number of aromatic nitrogens is 1. The molecule has 0 saturated heterocycles. The first kappa shape index (κ1) is 18.2. The largest absolute Gasteiger partial charge is 0.350 e. The highest BCUT2D eigenvalue weighted by atomic mass is 19.1. The molecule has 0 aliphatic carbocycles. The fourth-order valence-electron chi connectivity index (χ4n) is 2.73. The summed E-state index contributed by atoms with van der Waals surface area (Å²) < 4.78 is 29.7. The number of carbonyl (C=O) groups is 1. The zero-order valence-corrected chi connectivity index (χ0v) is 14.8. The van der Waals surface area contributed by atoms with E-state index in [2.05, 4.69) is 5.32 Å². The van der Waals surface area contributed by atoms with Crippen LogP contribution in [0.4, 0.5) is 8.78 Å². The predicted molar refractivity (Wildman–Crippen MR) is 91.3 cm³/mol. The Morgan fingerprint density at radius 2 is 1.71 bits per heavy atom. The van der Waals surface area contributed by atoms with Gasteiger partial charge < -0.3 is 9.88 Å². The van der Waals surface area contributed by atoms with Crippen LogP contribution < -0.4 is 5.32 Å². The number of hydrogen-bond acceptors (Lipinski definition) is 1. The van der Waals surface area contributed by atoms with E-state index in [9.17, 15) is 13.6 Å². The number of nitrogens with one attached hydrogen (secondary N) is 1. The fraction of sp³-hybridized carbons (Fsp3) is 0.421. The van der Waals surface area contributed by atoms with Crippen LogP contribution in [0.1, 0.15) is 46.7 Å². The van der Waals surface area contributed by atoms with E-state index in [0.717, 1.165) is 16.8 Å². The molecule has 5 heteroatoms. The molecule has 1 amide bonds. The summed E-state index contributed by atoms with van der Waals surface area (Å²) in [6.07, 6.45) is 0. The molecule has 1 N–H and O–H groups in total. The minimum Gasteiger partial charge on any atom is -0.350 e. The zero-order chi connectivity index (χ0) is 18.0. The molecular formula is C19H24F2N2O. The molecule has 3 nitrogen and oxygen atoms in total. The van der Waals surface area contributed by atoms with Crippen molar-refractivity contribution in [3.05, 3.63) is 57.9 Å². The maximum atomic E-state index is 14.0. The average molecular weight is 334 g/mol. The van der Waals surface area contributed by atoms with Gasteiger partial charge in [0.15, 0.2) is 0 Å². The number of benzene rings is 1. The molecule has 24 heavy (non-hydrogen) atoms. The molecule has 0 atom stereocenters. The van der Waals surface area contributed by atoms with Gasteiger partial charge in [0, 0.05) is 17.8 Å². The number of nitrogens with zero attached hydrogens (tertiary/aromatic N) is 1. The average Bonchev–Trinajstić information content (AvgIpc) is 2.73. The first-order chi connectivity index (χ1) is 11.2. The maximum Gasteiger partial charge on any atom is 0.268 e. The lowest BCUT2D eigenvalue weighted by Gasteiger charge is -2.14. The van der Waals surface area contributed by atoms with Crippen molar-refractivity contribution in [2.24, 2.45) is 5.92 Å². The minimum atomic E-state index is -0.605. The molecule has 0 saturated carbocycles. The third-order valence-electron chi connectivity index (χ3n) is 4.40. The number of carbonyl (C=O) groups excluding carboxylic acids is 1. The highest BCUT2D eigenvalue weighted by molar-refractivity contribution is 5.95. The summed E-state index contributed by atoms with van der Waals surface area (Å²) in [4.78, 5) is 12.6. The molecule has 130 valence electrons. The third kappa shape index (κ3) is 3.50. The smallest absolute Gasteiger partial charge is 0.268 e. The van der Waals surface area contributed by atoms with Crippen LogP contribution in [0, 0.1) is 38.3 Å². The molecular weight excluding hydrogens is 310 g/mol. The zero-order valence-electron chi connectivity index (χ0n) is 14.8. The van der Waals surface area contributed by atoms with Crippen molar-refractivity contribution in [2.75, 3.05) is 6.54 Å². The summed E-state index contributed by atoms with van der Waals surface area (Å²) in [7, 11) is 0. The molecule has 0 spiro atoms. The normalized spacial score (nSPS) is 11.2. The fourth-order valence-corrected chi connectivity index (χ4v) is 2.73. The lowest BCUT2D eigenvalue weighted by atomic mass is 10.1. The van der Waals surface area contributed by atoms with E-state index in [0.29, 0.717) is 18.2 Å². The Bertz CT molecular complexity index is 743. The molecule has 0 aliphatic rings. The monoisotopic (exact) mass is 334 g/mol. The number of hydrogen-bond donors (Lipinski definition) is 1. The van der Waals surface area contributed by atoms with Gasteiger partial charge in [0.05, 0.1) is 6.54 Å². The van der Waals surface area contributed by atoms with Gasteiger partial charge >= 0.3 is 0 Å². The third-order valence-corrected chi connectivity index (χ3v) is 4.40. The van der Waals surface area contributed by atoms with Gasteiger partial charge in [0.25, 0.3) is 5.91 Å². The van der Waals surface area contributed by atoms with Crippen LogP contribution in [0.15, 0.2) is 18.2 Å². The van der Waals surface area contributed by atoms with Gasteiger partial charge in [-0.3, -0.25) is 4.79 Å². The lowest BCUT2D eigenvalue weighted by molar-refractivity contribution is 0.0939. The van der Waals surface area contributed by atoms with Gasteiger partial charge in [-0.2, -0.15) is 0 Å². The van der Waals surface area contributed by atoms with E-state index in [4.69, 9.17) is 0 Å². The lowest BCUT2D eigenvalue weighted by Crippen LogP contribution is -2.30. The van der Waals surface area contributed by atoms with Crippen LogP contribution in [0.5, 0.6) is 0 Å². The van der Waals surface area contributed by atoms with Crippen LogP contribution in [-0.2, 0) is 6.54 Å². The van der Waals surface area contributed by atoms with E-state index in [1.807, 2.05) is 34.6 Å². The van der Waals surface area contributed by atoms with Crippen LogP contribution in [0.2, 0.25) is 0 Å². The Kier molecular flexibility index (Phi) is 5.42. The predicted octanol–water partition coefficient (Wildman–Crippen LogP) is 4.13. The molecule has 0 unspecified atom stereocenters. The Morgan fingerprint density at radius 3 is 2.25 bits per heavy atom. The summed E-state index contributed by atoms with van der Waals surface area (Å²) >= 11 is 0. The molecule has 0 aliphatic heterocycles. The summed E-state index contributed by atoms with van der Waals surface area (Å²) in [6, 6.07) is 3.80. The SMILES string of the molecule is Cc1c(C)c(C(=O)NCC(C)C)n(Cc2c(F)cccc2F)c1C. The van der Waals surface area contributed by atoms with E-state index < -0.39 is 11.6 Å². The van der Waals surface area contributed by atoms with Crippen LogP contribution in [-0.4, -0.2) is 17.0 Å². The number of amides is 1. The summed E-state index contributed by atoms with van der Waals surface area (Å²) in [5.74, 6) is -1.10. The van der Waals surface area contributed by atoms with Crippen molar-refractivity contribution < 1.29 is 13.6 Å². The quantitative estimate of drug-likeness (QED) is 0.876. The van der Waals surface area contributed by atoms with Crippen molar-refractivity contribution in [3.8, 4) is 0 Å². The maximum absolute atomic E-state index is 14.0. The van der Waals surface area contributed by atoms with Gasteiger partial charge in [0.1, 0.15) is 17.3 Å². The Labute approximate surface area is 141 Å². The highest BCUT2D eigenvalue weighted by Gasteiger charge is 2.22. The number of halogens is 2. The van der Waals surface area contributed by atoms with E-state index in [1.54, 1.807) is 4.57 Å². The molecule has 1 heterocycles. The first-order valence-corrected chi connectivity index (χ1v) is 8.11. The van der Waals surface area contributed by atoms with E-state index in [-0.39, 0.29) is 18.0 Å². The molecule has 0 radical (unpaired) electrons. The van der Waals surface area contributed by atoms with Gasteiger partial charge in [-0.25, -0.2) is 8.78 Å². The van der Waals surface area contributed by atoms with Gasteiger partial charge in [-0.05, 0) is 49.9 Å². The van der Waals surface area contributed by atoms with Crippen molar-refractivity contribution in [2.45, 2.75) is 41.2 Å². The van der Waals surface area contributed by atoms with E-state index >= 15 is 0 Å². The standard InChI is InChI=1S/C19H24F2N2O/c1-11(2)9-22-19(24)18-13(4)12(3)14(5)23(18)10-15-16(20)7-6-8-17(15)21/h6-8,11H,9-10H2,1-5H3,(H,22,24). The van der Waals surface area contributed by atoms with Crippen molar-refractivity contribution in [1.82, 2.24) is 9.88 Å². The summed E-state index contributed by atoms with van der Waals surface area (Å²) in [6.45, 7) is 10.2. The number of rotatable bonds is 5. The van der Waals surface area contributed by atoms with Crippen LogP contribution in [0.3, 0.4) is 0 Å². The summed E-state index contributed by atoms with van der Waals surface area (Å²) in [5, 5.41) is 2.89. The Morgan fingerprint density at radius 1 is 1.12 bits per heavy atom. The molecule has 1 aromatic heterocycles. The van der Waals surface area contributed by atoms with Crippen LogP contribution in [0.25, 0.3) is 0 Å². The van der Waals surface area contributed by atoms with Gasteiger partial charge in [-0.1, -0.05) is 19.9 Å². The molecule has 0 fully saturated rings. The molecule has 2 aromatic rings. The molecule has 0 bridgehead atoms. The van der Waals surface area contributed by atoms with Crippen molar-refractivity contribution in [1.29, 1.82) is 0 Å². The first-order valence-electron chi connectivity index (χ1n) is 8.11. The Hall–Kier alpha value is -2.17. The molecule has 1 aromatic carbocycles. The van der Waals surface area contributed by atoms with Gasteiger partial charge in [-0.15, -0.1) is 0 Å². The summed E-state index contributed by atoms with van der Waals surface area (Å²) in [5.41, 5.74) is 3.07. The topological polar surface area (TPSA) is 34.0 Å². The second-order valence-corrected chi connectivity index (χ2v) is 6.57. The molecule has 2 rings (SSSR count). The second-order valence-electron chi connectivity index (χ2n) is 6.57. The van der Waals surface area contributed by atoms with Gasteiger partial charge in [0.2, 0.25) is 0 Å². The second kappa shape index (κ2) is 7.16. The van der Waals surface area contributed by atoms with E-state index in [1.165, 1.54) is 18.2 Å². The Balaban J connectivity index is 2.46. The minimum absolute atomic E-state index is 0.0105. The van der Waals surface area contributed by atoms with Crippen molar-refractivity contribution >= 4 is 5.91 Å². The van der Waals surface area contributed by atoms with Crippen molar-refractivity contribution in [3.63, 3.8) is 0 Å². The highest BCUT2D eigenvalue weighted by Crippen LogP contribution is 2.24. The van der Waals surface area contributed by atoms with Crippen LogP contribution >= 0.6 is 0 Å².